The van der Waals surface area contributed by atoms with Crippen LogP contribution in [0.4, 0.5) is 0 Å². The number of fused-ring (bicyclic) bond motifs is 3. The van der Waals surface area contributed by atoms with Crippen molar-refractivity contribution in [2.45, 2.75) is 308 Å². The molecule has 0 radical (unpaired) electrons. The fraction of sp³-hybridized carbons (Fsp3) is 0.784. The van der Waals surface area contributed by atoms with Crippen molar-refractivity contribution < 1.29 is 41.7 Å². The molecular weight excluding hydrogens is 1350 g/mol. The van der Waals surface area contributed by atoms with Gasteiger partial charge in [-0.1, -0.05) is 260 Å². The second kappa shape index (κ2) is 33.4. The van der Waals surface area contributed by atoms with Crippen molar-refractivity contribution in [2.75, 3.05) is 0 Å². The topological polar surface area (TPSA) is 0 Å². The number of rotatable bonds is 11. The Morgan fingerprint density at radius 3 is 1.47 bits per heavy atom. The molecule has 0 aliphatic heterocycles. The van der Waals surface area contributed by atoms with Crippen molar-refractivity contribution in [3.8, 4) is 0 Å². The molecule has 0 aromatic heterocycles. The Balaban J connectivity index is 0.000000514. The molecule has 7 saturated carbocycles. The summed E-state index contributed by atoms with van der Waals surface area (Å²) in [4.78, 5) is 0. The third-order valence-corrected chi connectivity index (χ3v) is 68.9. The van der Waals surface area contributed by atoms with E-state index in [2.05, 4.69) is 191 Å². The Labute approximate surface area is 574 Å². The monoisotopic (exact) mass is 1480 g/mol. The molecule has 0 spiro atoms. The summed E-state index contributed by atoms with van der Waals surface area (Å²) in [5, 5.41) is 0. The molecule has 7 aliphatic carbocycles. The van der Waals surface area contributed by atoms with Crippen molar-refractivity contribution in [3.63, 3.8) is 0 Å². The van der Waals surface area contributed by atoms with Crippen molar-refractivity contribution in [1.29, 1.82) is 0 Å². The van der Waals surface area contributed by atoms with Crippen LogP contribution in [0.25, 0.3) is 0 Å². The average molecular weight is 1490 g/mol. The quantitative estimate of drug-likeness (QED) is 0.155. The number of benzene rings is 2. The third-order valence-electron chi connectivity index (χ3n) is 25.6. The van der Waals surface area contributed by atoms with Crippen LogP contribution in [0.1, 0.15) is 218 Å². The van der Waals surface area contributed by atoms with Gasteiger partial charge in [0.2, 0.25) is 0 Å². The minimum atomic E-state index is -1.40. The van der Waals surface area contributed by atoms with E-state index >= 15 is 0 Å². The van der Waals surface area contributed by atoms with Gasteiger partial charge in [0.25, 0.3) is 0 Å². The van der Waals surface area contributed by atoms with Gasteiger partial charge >= 0.3 is 75.7 Å². The zero-order valence-corrected chi connectivity index (χ0v) is 73.4. The molecule has 0 amide bonds. The Morgan fingerprint density at radius 1 is 0.482 bits per heavy atom. The van der Waals surface area contributed by atoms with Crippen LogP contribution in [0.5, 0.6) is 0 Å². The molecular formula is C74H136Cl4Si5Zr2. The molecule has 11 heteroatoms. The second-order valence-electron chi connectivity index (χ2n) is 35.7. The molecule has 85 heavy (non-hydrogen) atoms. The van der Waals surface area contributed by atoms with Gasteiger partial charge in [-0.3, -0.25) is 0 Å². The Hall–Kier alpha value is 2.45. The van der Waals surface area contributed by atoms with Gasteiger partial charge in [-0.25, -0.2) is 0 Å². The van der Waals surface area contributed by atoms with Gasteiger partial charge in [0.05, 0.1) is 0 Å². The molecule has 15 unspecified atom stereocenters. The molecule has 0 nitrogen and oxygen atoms in total. The fourth-order valence-electron chi connectivity index (χ4n) is 21.2. The van der Waals surface area contributed by atoms with Gasteiger partial charge in [0, 0.05) is 38.4 Å². The summed E-state index contributed by atoms with van der Waals surface area (Å²) in [5.41, 5.74) is 13.4. The number of halogens is 4. The van der Waals surface area contributed by atoms with Crippen LogP contribution in [0, 0.1) is 95.3 Å². The van der Waals surface area contributed by atoms with E-state index in [0.29, 0.717) is 5.41 Å². The van der Waals surface area contributed by atoms with Crippen LogP contribution in [0.15, 0.2) is 42.5 Å². The van der Waals surface area contributed by atoms with E-state index in [4.69, 9.17) is 34.1 Å². The molecule has 0 saturated heterocycles. The minimum absolute atomic E-state index is 0. The van der Waals surface area contributed by atoms with Crippen molar-refractivity contribution in [3.05, 3.63) is 100.0 Å². The predicted molar refractivity (Wildman–Crippen MR) is 398 cm³/mol. The summed E-state index contributed by atoms with van der Waals surface area (Å²) >= 11 is -1.65. The van der Waals surface area contributed by atoms with E-state index in [9.17, 15) is 0 Å². The maximum absolute atomic E-state index is 4.93. The van der Waals surface area contributed by atoms with Gasteiger partial charge in [-0.05, 0) is 177 Å². The Bertz CT molecular complexity index is 2260. The molecule has 2 aromatic carbocycles. The Morgan fingerprint density at radius 2 is 0.965 bits per heavy atom. The number of hydrogen-bond acceptors (Lipinski definition) is 0. The summed E-state index contributed by atoms with van der Waals surface area (Å²) in [7, 11) is 13.5. The van der Waals surface area contributed by atoms with E-state index in [1.54, 1.807) is 85.2 Å². The molecule has 7 fully saturated rings. The van der Waals surface area contributed by atoms with Crippen LogP contribution in [0.3, 0.4) is 0 Å². The zero-order valence-electron chi connectivity index (χ0n) is 60.4. The summed E-state index contributed by atoms with van der Waals surface area (Å²) in [6, 6.07) is 18.8. The van der Waals surface area contributed by atoms with Crippen molar-refractivity contribution in [1.82, 2.24) is 0 Å². The van der Waals surface area contributed by atoms with Gasteiger partial charge < -0.3 is 29.7 Å². The van der Waals surface area contributed by atoms with Crippen molar-refractivity contribution >= 4 is 72.5 Å². The van der Waals surface area contributed by atoms with Gasteiger partial charge in [0.1, 0.15) is 0 Å². The maximum atomic E-state index is 4.93. The third kappa shape index (κ3) is 19.6. The van der Waals surface area contributed by atoms with Crippen LogP contribution in [-0.4, -0.2) is 38.4 Å². The van der Waals surface area contributed by atoms with Gasteiger partial charge in [-0.15, -0.1) is 0 Å². The summed E-state index contributed by atoms with van der Waals surface area (Å²) in [6.45, 7) is 58.1. The van der Waals surface area contributed by atoms with Crippen LogP contribution < -0.4 is 0 Å². The average Bonchev–Trinajstić information content (AvgIpc) is 1.83. The SMILES string of the molecule is C[Si](C)(C)CC1CCC([Si](C)(C)[Si](C)(C)C2CCC3C2CC2CCCC2C3c2ccccc2)C1.Cc1c(C(C)(C)C)cc(C2CCCC3C2CC(C)C3[Si](C)(C)[Si](C)(C)C2CCC(CC(C)(C)C)C2)cc1C(C)(C)C.[CH3-].[CH3-].[CH3-].[CH3-].[Cl][Zr+2][Cl].[Cl][Zr+2][Cl]. The summed E-state index contributed by atoms with van der Waals surface area (Å²) < 4.78 is 0. The second-order valence-corrected chi connectivity index (χ2v) is 81.0. The molecule has 2 aromatic rings. The first-order chi connectivity index (χ1) is 37.4. The molecule has 9 rings (SSSR count). The first-order valence-electron chi connectivity index (χ1n) is 33.5. The first-order valence-corrected chi connectivity index (χ1v) is 64.2. The molecule has 15 atom stereocenters. The zero-order chi connectivity index (χ0) is 60.6. The number of hydrogen-bond donors (Lipinski definition) is 0. The normalized spacial score (nSPS) is 31.1. The van der Waals surface area contributed by atoms with E-state index in [0.717, 1.165) is 87.3 Å². The van der Waals surface area contributed by atoms with E-state index in [1.807, 2.05) is 0 Å². The van der Waals surface area contributed by atoms with E-state index < -0.39 is 80.1 Å². The first kappa shape index (κ1) is 83.5. The standard InChI is InChI=1S/C39H70Si2.C31H54Si3.4CH3.4ClH.2Zr/c1-26-21-33-31(29-23-34(38(6,7)8)27(2)35(24-29)39(9,10)11)17-16-18-32(33)36(26)41(14,15)40(12,13)30-20-19-28(22-30)25-37(3,4)5;1-32(2,3)22-23-16-17-26(20-23)33(4,5)34(6,7)30-19-18-28-29(30)21-25-14-11-15-27(25)31(28)24-12-9-8-10-13-24;;;;;;;;;;/h23-24,26,28,30-33,36H,16-22,25H2,1-15H3;8-10,12-13,23,25-31H,11,14-22H2,1-7H3;4*1H3;4*1H;;/q;;4*-1;;;;;2*+4/p-4. The molecule has 7 aliphatic rings. The Kier molecular flexibility index (Phi) is 32.8. The summed E-state index contributed by atoms with van der Waals surface area (Å²) in [6.07, 6.45) is 25.9. The van der Waals surface area contributed by atoms with E-state index in [-0.39, 0.29) is 40.5 Å². The fourth-order valence-corrected chi connectivity index (χ4v) is 52.2. The van der Waals surface area contributed by atoms with Gasteiger partial charge in [0.15, 0.2) is 0 Å². The molecule has 0 bridgehead atoms. The molecule has 0 heterocycles. The summed E-state index contributed by atoms with van der Waals surface area (Å²) in [5.74, 6) is 10.6. The van der Waals surface area contributed by atoms with Crippen LogP contribution >= 0.6 is 34.1 Å². The predicted octanol–water partition coefficient (Wildman–Crippen LogP) is 27.1. The van der Waals surface area contributed by atoms with Crippen LogP contribution in [-0.2, 0) is 52.5 Å². The molecule has 488 valence electrons. The molecule has 0 N–H and O–H groups in total. The van der Waals surface area contributed by atoms with Crippen LogP contribution in [0.2, 0.25) is 100 Å². The van der Waals surface area contributed by atoms with E-state index in [1.165, 1.54) is 57.8 Å². The van der Waals surface area contributed by atoms with Crippen molar-refractivity contribution in [2.24, 2.45) is 58.7 Å². The van der Waals surface area contributed by atoms with Gasteiger partial charge in [-0.2, -0.15) is 0 Å².